The Morgan fingerprint density at radius 1 is 1.47 bits per heavy atom. The molecule has 1 N–H and O–H groups in total. The Balaban J connectivity index is 2.23. The van der Waals surface area contributed by atoms with Crippen molar-refractivity contribution in [2.24, 2.45) is 5.41 Å². The number of rotatable bonds is 2. The van der Waals surface area contributed by atoms with E-state index in [0.717, 1.165) is 0 Å². The predicted molar refractivity (Wildman–Crippen MR) is 75.4 cm³/mol. The molecule has 0 bridgehead atoms. The Morgan fingerprint density at radius 2 is 2.16 bits per heavy atom. The topological polar surface area (TPSA) is 57.6 Å². The fourth-order valence-corrected chi connectivity index (χ4v) is 2.72. The van der Waals surface area contributed by atoms with Crippen LogP contribution in [0.3, 0.4) is 0 Å². The van der Waals surface area contributed by atoms with E-state index in [9.17, 15) is 9.59 Å². The second kappa shape index (κ2) is 5.13. The summed E-state index contributed by atoms with van der Waals surface area (Å²) in [5, 5.41) is 9.53. The maximum Gasteiger partial charge on any atom is 0.311 e. The number of carbonyl (C=O) groups excluding carboxylic acids is 1. The Kier molecular flexibility index (Phi) is 3.87. The standard InChI is InChI=1S/C13H13BrClNO3/c1-13(12(18)19)5-6-16(7-13)11(17)8-3-2-4-9(14)10(8)15/h2-4H,5-7H2,1H3,(H,18,19). The molecule has 1 fully saturated rings. The highest BCUT2D eigenvalue weighted by molar-refractivity contribution is 9.10. The van der Waals surface area contributed by atoms with Crippen LogP contribution in [-0.2, 0) is 4.79 Å². The number of hydrogen-bond donors (Lipinski definition) is 1. The highest BCUT2D eigenvalue weighted by Gasteiger charge is 2.42. The van der Waals surface area contributed by atoms with Gasteiger partial charge in [0.1, 0.15) is 0 Å². The molecule has 102 valence electrons. The van der Waals surface area contributed by atoms with Crippen molar-refractivity contribution in [1.82, 2.24) is 4.90 Å². The summed E-state index contributed by atoms with van der Waals surface area (Å²) in [6.07, 6.45) is 0.458. The van der Waals surface area contributed by atoms with Crippen molar-refractivity contribution >= 4 is 39.4 Å². The first kappa shape index (κ1) is 14.3. The molecule has 1 atom stereocenters. The number of carbonyl (C=O) groups is 2. The summed E-state index contributed by atoms with van der Waals surface area (Å²) in [5.41, 5.74) is -0.473. The lowest BCUT2D eigenvalue weighted by molar-refractivity contribution is -0.147. The number of carboxylic acids is 1. The first-order valence-corrected chi connectivity index (χ1v) is 6.99. The van der Waals surface area contributed by atoms with Crippen molar-refractivity contribution in [3.8, 4) is 0 Å². The molecular weight excluding hydrogens is 334 g/mol. The third-order valence-corrected chi connectivity index (χ3v) is 4.76. The van der Waals surface area contributed by atoms with Gasteiger partial charge in [0, 0.05) is 17.6 Å². The smallest absolute Gasteiger partial charge is 0.311 e. The summed E-state index contributed by atoms with van der Waals surface area (Å²) in [6, 6.07) is 5.13. The lowest BCUT2D eigenvalue weighted by atomic mass is 9.90. The maximum atomic E-state index is 12.4. The fourth-order valence-electron chi connectivity index (χ4n) is 2.15. The van der Waals surface area contributed by atoms with Gasteiger partial charge in [-0.3, -0.25) is 9.59 Å². The Bertz CT molecular complexity index is 549. The fraction of sp³-hybridized carbons (Fsp3) is 0.385. The largest absolute Gasteiger partial charge is 0.481 e. The molecule has 0 spiro atoms. The first-order valence-electron chi connectivity index (χ1n) is 5.82. The third kappa shape index (κ3) is 2.62. The molecular formula is C13H13BrClNO3. The summed E-state index contributed by atoms with van der Waals surface area (Å²) in [5.74, 6) is -1.10. The van der Waals surface area contributed by atoms with Gasteiger partial charge in [-0.25, -0.2) is 0 Å². The van der Waals surface area contributed by atoms with E-state index in [-0.39, 0.29) is 12.5 Å². The number of likely N-dealkylation sites (tertiary alicyclic amines) is 1. The van der Waals surface area contributed by atoms with Gasteiger partial charge in [0.05, 0.1) is 16.0 Å². The van der Waals surface area contributed by atoms with E-state index in [1.54, 1.807) is 30.0 Å². The monoisotopic (exact) mass is 345 g/mol. The van der Waals surface area contributed by atoms with E-state index in [1.165, 1.54) is 0 Å². The van der Waals surface area contributed by atoms with E-state index in [4.69, 9.17) is 16.7 Å². The van der Waals surface area contributed by atoms with Crippen LogP contribution in [0.25, 0.3) is 0 Å². The molecule has 1 aromatic carbocycles. The lowest BCUT2D eigenvalue weighted by Crippen LogP contribution is -2.35. The maximum absolute atomic E-state index is 12.4. The Morgan fingerprint density at radius 3 is 2.74 bits per heavy atom. The molecule has 1 aliphatic heterocycles. The zero-order valence-electron chi connectivity index (χ0n) is 10.3. The SMILES string of the molecule is CC1(C(=O)O)CCN(C(=O)c2cccc(Br)c2Cl)C1. The second-order valence-corrected chi connectivity index (χ2v) is 6.18. The summed E-state index contributed by atoms with van der Waals surface area (Å²) in [6.45, 7) is 2.31. The van der Waals surface area contributed by atoms with Gasteiger partial charge in [-0.15, -0.1) is 0 Å². The molecule has 0 radical (unpaired) electrons. The zero-order valence-corrected chi connectivity index (χ0v) is 12.7. The van der Waals surface area contributed by atoms with Crippen LogP contribution in [0.2, 0.25) is 5.02 Å². The average Bonchev–Trinajstić information content (AvgIpc) is 2.76. The van der Waals surface area contributed by atoms with Crippen LogP contribution in [0, 0.1) is 5.41 Å². The van der Waals surface area contributed by atoms with Crippen LogP contribution in [0.5, 0.6) is 0 Å². The molecule has 1 amide bonds. The molecule has 0 aliphatic carbocycles. The van der Waals surface area contributed by atoms with Crippen LogP contribution in [0.1, 0.15) is 23.7 Å². The van der Waals surface area contributed by atoms with E-state index in [2.05, 4.69) is 15.9 Å². The van der Waals surface area contributed by atoms with E-state index in [0.29, 0.717) is 28.0 Å². The molecule has 1 heterocycles. The third-order valence-electron chi connectivity index (χ3n) is 3.46. The summed E-state index contributed by atoms with van der Waals surface area (Å²) < 4.78 is 0.653. The zero-order chi connectivity index (χ0) is 14.2. The minimum absolute atomic E-state index is 0.212. The van der Waals surface area contributed by atoms with Gasteiger partial charge in [-0.05, 0) is 41.4 Å². The molecule has 6 heteroatoms. The van der Waals surface area contributed by atoms with Gasteiger partial charge in [-0.2, -0.15) is 0 Å². The van der Waals surface area contributed by atoms with Gasteiger partial charge < -0.3 is 10.0 Å². The van der Waals surface area contributed by atoms with Crippen molar-refractivity contribution in [3.05, 3.63) is 33.3 Å². The number of carboxylic acid groups (broad SMARTS) is 1. The lowest BCUT2D eigenvalue weighted by Gasteiger charge is -2.20. The first-order chi connectivity index (χ1) is 8.85. The van der Waals surface area contributed by atoms with Crippen molar-refractivity contribution < 1.29 is 14.7 Å². The van der Waals surface area contributed by atoms with Gasteiger partial charge in [0.15, 0.2) is 0 Å². The number of nitrogens with zero attached hydrogens (tertiary/aromatic N) is 1. The van der Waals surface area contributed by atoms with Gasteiger partial charge in [-0.1, -0.05) is 17.7 Å². The number of amides is 1. The highest BCUT2D eigenvalue weighted by Crippen LogP contribution is 2.33. The number of hydrogen-bond acceptors (Lipinski definition) is 2. The van der Waals surface area contributed by atoms with Crippen LogP contribution < -0.4 is 0 Å². The van der Waals surface area contributed by atoms with Gasteiger partial charge >= 0.3 is 5.97 Å². The average molecular weight is 347 g/mol. The minimum atomic E-state index is -0.872. The minimum Gasteiger partial charge on any atom is -0.481 e. The Hall–Kier alpha value is -1.07. The molecule has 2 rings (SSSR count). The predicted octanol–water partition coefficient (Wildman–Crippen LogP) is 3.04. The number of benzene rings is 1. The van der Waals surface area contributed by atoms with Crippen LogP contribution in [-0.4, -0.2) is 35.0 Å². The van der Waals surface area contributed by atoms with Crippen molar-refractivity contribution in [2.75, 3.05) is 13.1 Å². The van der Waals surface area contributed by atoms with Crippen molar-refractivity contribution in [2.45, 2.75) is 13.3 Å². The molecule has 19 heavy (non-hydrogen) atoms. The molecule has 0 aromatic heterocycles. The molecule has 0 saturated carbocycles. The summed E-state index contributed by atoms with van der Waals surface area (Å²) >= 11 is 9.36. The molecule has 4 nitrogen and oxygen atoms in total. The second-order valence-electron chi connectivity index (χ2n) is 4.94. The number of halogens is 2. The van der Waals surface area contributed by atoms with Gasteiger partial charge in [0.25, 0.3) is 5.91 Å². The molecule has 1 unspecified atom stereocenters. The summed E-state index contributed by atoms with van der Waals surface area (Å²) in [7, 11) is 0. The van der Waals surface area contributed by atoms with Crippen molar-refractivity contribution in [3.63, 3.8) is 0 Å². The van der Waals surface area contributed by atoms with Crippen LogP contribution in [0.4, 0.5) is 0 Å². The van der Waals surface area contributed by atoms with E-state index < -0.39 is 11.4 Å². The molecule has 1 saturated heterocycles. The van der Waals surface area contributed by atoms with E-state index in [1.807, 2.05) is 0 Å². The molecule has 1 aliphatic rings. The van der Waals surface area contributed by atoms with Crippen LogP contribution >= 0.6 is 27.5 Å². The van der Waals surface area contributed by atoms with Crippen LogP contribution in [0.15, 0.2) is 22.7 Å². The normalized spacial score (nSPS) is 22.6. The van der Waals surface area contributed by atoms with Crippen molar-refractivity contribution in [1.29, 1.82) is 0 Å². The number of aliphatic carboxylic acids is 1. The summed E-state index contributed by atoms with van der Waals surface area (Å²) in [4.78, 5) is 25.1. The molecule has 1 aromatic rings. The Labute approximate surface area is 124 Å². The quantitative estimate of drug-likeness (QED) is 0.895. The van der Waals surface area contributed by atoms with E-state index >= 15 is 0 Å². The van der Waals surface area contributed by atoms with Gasteiger partial charge in [0.2, 0.25) is 0 Å². The highest BCUT2D eigenvalue weighted by atomic mass is 79.9.